The maximum Gasteiger partial charge on any atom is 0.192 e. The van der Waals surface area contributed by atoms with Crippen LogP contribution in [0.3, 0.4) is 0 Å². The summed E-state index contributed by atoms with van der Waals surface area (Å²) < 4.78 is 6.75. The Kier molecular flexibility index (Phi) is 6.22. The van der Waals surface area contributed by atoms with Gasteiger partial charge < -0.3 is 4.43 Å². The van der Waals surface area contributed by atoms with Gasteiger partial charge in [-0.1, -0.05) is 76.3 Å². The summed E-state index contributed by atoms with van der Waals surface area (Å²) in [5.41, 5.74) is 2.63. The molecule has 0 heterocycles. The molecule has 0 N–H and O–H groups in total. The number of benzene rings is 1. The summed E-state index contributed by atoms with van der Waals surface area (Å²) in [4.78, 5) is 0. The third-order valence-electron chi connectivity index (χ3n) is 5.18. The molecule has 0 unspecified atom stereocenters. The van der Waals surface area contributed by atoms with E-state index in [2.05, 4.69) is 76.3 Å². The minimum absolute atomic E-state index is 0.337. The van der Waals surface area contributed by atoms with Gasteiger partial charge in [0.25, 0.3) is 0 Å². The van der Waals surface area contributed by atoms with E-state index in [9.17, 15) is 0 Å². The Morgan fingerprint density at radius 1 is 1.05 bits per heavy atom. The van der Waals surface area contributed by atoms with Crippen LogP contribution in [-0.2, 0) is 4.43 Å². The first-order valence-corrected chi connectivity index (χ1v) is 11.3. The molecule has 1 aliphatic carbocycles. The number of rotatable bonds is 6. The largest absolute Gasteiger partial charge is 0.413 e. The number of allylic oxidation sites excluding steroid dienone is 2. The average molecular weight is 315 g/mol. The Bertz CT molecular complexity index is 506. The maximum atomic E-state index is 6.75. The van der Waals surface area contributed by atoms with Crippen LogP contribution in [0, 0.1) is 5.92 Å². The van der Waals surface area contributed by atoms with Crippen LogP contribution in [0.4, 0.5) is 0 Å². The fourth-order valence-corrected chi connectivity index (χ4v) is 6.18. The Morgan fingerprint density at radius 3 is 2.27 bits per heavy atom. The first-order valence-electron chi connectivity index (χ1n) is 8.75. The smallest absolute Gasteiger partial charge is 0.192 e. The molecule has 1 aliphatic rings. The fraction of sp³-hybridized carbons (Fsp3) is 0.500. The first-order chi connectivity index (χ1) is 10.6. The molecule has 1 nitrogen and oxygen atoms in total. The van der Waals surface area contributed by atoms with Crippen molar-refractivity contribution in [2.75, 3.05) is 0 Å². The predicted molar refractivity (Wildman–Crippen MR) is 99.4 cm³/mol. The summed E-state index contributed by atoms with van der Waals surface area (Å²) in [7, 11) is -1.53. The highest BCUT2D eigenvalue weighted by molar-refractivity contribution is 6.73. The molecule has 1 aromatic carbocycles. The van der Waals surface area contributed by atoms with E-state index in [1.54, 1.807) is 0 Å². The van der Waals surface area contributed by atoms with Crippen molar-refractivity contribution >= 4 is 13.9 Å². The molecule has 0 aliphatic heterocycles. The van der Waals surface area contributed by atoms with Crippen molar-refractivity contribution < 1.29 is 4.43 Å². The highest BCUT2D eigenvalue weighted by atomic mass is 28.4. The highest BCUT2D eigenvalue weighted by Gasteiger charge is 2.33. The van der Waals surface area contributed by atoms with Crippen LogP contribution in [0.25, 0.3) is 5.57 Å². The number of hydrogen-bond donors (Lipinski definition) is 0. The average Bonchev–Trinajstić information content (AvgIpc) is 2.76. The van der Waals surface area contributed by atoms with E-state index in [-0.39, 0.29) is 0 Å². The lowest BCUT2D eigenvalue weighted by atomic mass is 10.0. The third kappa shape index (κ3) is 3.99. The van der Waals surface area contributed by atoms with Gasteiger partial charge >= 0.3 is 0 Å². The van der Waals surface area contributed by atoms with E-state index in [1.165, 1.54) is 29.3 Å². The predicted octanol–water partition coefficient (Wildman–Crippen LogP) is 6.06. The molecule has 2 heteroatoms. The van der Waals surface area contributed by atoms with Gasteiger partial charge in [0, 0.05) is 0 Å². The standard InChI is InChI=1S/C20H30OSi/c1-5-22(6-2,7-3)21-20-16-15-19(14-13-17(20)4)18-11-9-8-10-12-18/h8-15,17,20H,5-7,16H2,1-4H3/t17-,20+/m1/s1. The lowest BCUT2D eigenvalue weighted by molar-refractivity contribution is 0.154. The number of hydrogen-bond acceptors (Lipinski definition) is 1. The minimum Gasteiger partial charge on any atom is -0.413 e. The molecular formula is C20H30OSi. The first kappa shape index (κ1) is 17.2. The molecule has 2 rings (SSSR count). The van der Waals surface area contributed by atoms with Crippen LogP contribution < -0.4 is 0 Å². The Hall–Kier alpha value is -1.12. The zero-order chi connectivity index (χ0) is 16.0. The van der Waals surface area contributed by atoms with E-state index >= 15 is 0 Å². The van der Waals surface area contributed by atoms with Crippen LogP contribution in [0.1, 0.15) is 39.7 Å². The van der Waals surface area contributed by atoms with Crippen LogP contribution in [0.2, 0.25) is 18.1 Å². The van der Waals surface area contributed by atoms with Gasteiger partial charge in [-0.25, -0.2) is 0 Å². The summed E-state index contributed by atoms with van der Waals surface area (Å²) in [5, 5.41) is 0. The molecule has 22 heavy (non-hydrogen) atoms. The second-order valence-corrected chi connectivity index (χ2v) is 11.1. The molecule has 0 bridgehead atoms. The summed E-state index contributed by atoms with van der Waals surface area (Å²) in [5.74, 6) is 0.481. The SMILES string of the molecule is CC[Si](CC)(CC)O[C@H]1CC=C(c2ccccc2)C=C[C@H]1C. The second kappa shape index (κ2) is 7.93. The molecule has 0 saturated carbocycles. The topological polar surface area (TPSA) is 9.23 Å². The maximum absolute atomic E-state index is 6.75. The normalized spacial score (nSPS) is 22.3. The minimum atomic E-state index is -1.53. The van der Waals surface area contributed by atoms with Crippen molar-refractivity contribution in [2.45, 2.75) is 58.4 Å². The van der Waals surface area contributed by atoms with Gasteiger partial charge in [-0.05, 0) is 41.6 Å². The van der Waals surface area contributed by atoms with E-state index in [0.29, 0.717) is 12.0 Å². The van der Waals surface area contributed by atoms with Crippen molar-refractivity contribution in [1.82, 2.24) is 0 Å². The summed E-state index contributed by atoms with van der Waals surface area (Å²) in [6.45, 7) is 9.22. The van der Waals surface area contributed by atoms with Crippen molar-refractivity contribution in [1.29, 1.82) is 0 Å². The van der Waals surface area contributed by atoms with Gasteiger partial charge in [0.05, 0.1) is 6.10 Å². The van der Waals surface area contributed by atoms with E-state index in [0.717, 1.165) is 6.42 Å². The van der Waals surface area contributed by atoms with E-state index < -0.39 is 8.32 Å². The van der Waals surface area contributed by atoms with Gasteiger partial charge in [-0.2, -0.15) is 0 Å². The fourth-order valence-electron chi connectivity index (χ4n) is 3.23. The Morgan fingerprint density at radius 2 is 1.68 bits per heavy atom. The van der Waals surface area contributed by atoms with Crippen molar-refractivity contribution in [3.8, 4) is 0 Å². The van der Waals surface area contributed by atoms with Crippen LogP contribution >= 0.6 is 0 Å². The molecule has 0 fully saturated rings. The Labute approximate surface area is 137 Å². The zero-order valence-corrected chi connectivity index (χ0v) is 15.5. The lowest BCUT2D eigenvalue weighted by Gasteiger charge is -2.34. The van der Waals surface area contributed by atoms with Crippen molar-refractivity contribution in [3.63, 3.8) is 0 Å². The Balaban J connectivity index is 2.16. The molecule has 0 aromatic heterocycles. The summed E-state index contributed by atoms with van der Waals surface area (Å²) >= 11 is 0. The van der Waals surface area contributed by atoms with Crippen LogP contribution in [-0.4, -0.2) is 14.4 Å². The van der Waals surface area contributed by atoms with Crippen molar-refractivity contribution in [2.24, 2.45) is 5.92 Å². The van der Waals surface area contributed by atoms with E-state index in [4.69, 9.17) is 4.43 Å². The van der Waals surface area contributed by atoms with Gasteiger partial charge in [-0.3, -0.25) is 0 Å². The van der Waals surface area contributed by atoms with Crippen LogP contribution in [0.5, 0.6) is 0 Å². The molecule has 0 radical (unpaired) electrons. The second-order valence-electron chi connectivity index (χ2n) is 6.38. The molecule has 120 valence electrons. The summed E-state index contributed by atoms with van der Waals surface area (Å²) in [6, 6.07) is 14.3. The third-order valence-corrected chi connectivity index (χ3v) is 9.85. The molecule has 0 amide bonds. The van der Waals surface area contributed by atoms with E-state index in [1.807, 2.05) is 0 Å². The summed E-state index contributed by atoms with van der Waals surface area (Å²) in [6.07, 6.45) is 8.32. The molecular weight excluding hydrogens is 284 g/mol. The monoisotopic (exact) mass is 314 g/mol. The quantitative estimate of drug-likeness (QED) is 0.580. The zero-order valence-electron chi connectivity index (χ0n) is 14.5. The van der Waals surface area contributed by atoms with Gasteiger partial charge in [0.2, 0.25) is 0 Å². The highest BCUT2D eigenvalue weighted by Crippen LogP contribution is 2.31. The van der Waals surface area contributed by atoms with Crippen LogP contribution in [0.15, 0.2) is 48.6 Å². The van der Waals surface area contributed by atoms with Gasteiger partial charge in [0.1, 0.15) is 0 Å². The molecule has 2 atom stereocenters. The van der Waals surface area contributed by atoms with Gasteiger partial charge in [-0.15, -0.1) is 0 Å². The molecule has 1 aromatic rings. The molecule has 0 saturated heterocycles. The van der Waals surface area contributed by atoms with Gasteiger partial charge in [0.15, 0.2) is 8.32 Å². The van der Waals surface area contributed by atoms with Crippen molar-refractivity contribution in [3.05, 3.63) is 54.1 Å². The lowest BCUT2D eigenvalue weighted by Crippen LogP contribution is -2.41. The molecule has 0 spiro atoms.